The van der Waals surface area contributed by atoms with Crippen molar-refractivity contribution in [2.24, 2.45) is 11.8 Å². The van der Waals surface area contributed by atoms with Crippen LogP contribution in [0, 0.1) is 29.0 Å². The Hall–Kier alpha value is -1.56. The fourth-order valence-electron chi connectivity index (χ4n) is 3.24. The van der Waals surface area contributed by atoms with Crippen LogP contribution in [0.1, 0.15) is 24.8 Å². The van der Waals surface area contributed by atoms with Gasteiger partial charge in [-0.15, -0.1) is 0 Å². The first kappa shape index (κ1) is 10.6. The number of halogens is 1. The molecule has 17 heavy (non-hydrogen) atoms. The third-order valence-corrected chi connectivity index (χ3v) is 4.16. The van der Waals surface area contributed by atoms with Crippen LogP contribution in [0.25, 0.3) is 0 Å². The van der Waals surface area contributed by atoms with Gasteiger partial charge in [0.2, 0.25) is 0 Å². The van der Waals surface area contributed by atoms with Crippen LogP contribution in [-0.2, 0) is 0 Å². The highest BCUT2D eigenvalue weighted by molar-refractivity contribution is 5.51. The molecule has 3 rings (SSSR count). The number of rotatable bonds is 1. The van der Waals surface area contributed by atoms with E-state index in [1.165, 1.54) is 25.3 Å². The molecule has 1 saturated heterocycles. The molecule has 1 aromatic rings. The van der Waals surface area contributed by atoms with Crippen molar-refractivity contribution in [2.45, 2.75) is 19.3 Å². The summed E-state index contributed by atoms with van der Waals surface area (Å²) < 4.78 is 13.5. The second-order valence-corrected chi connectivity index (χ2v) is 5.13. The molecule has 3 heteroatoms. The van der Waals surface area contributed by atoms with Crippen molar-refractivity contribution in [1.29, 1.82) is 5.26 Å². The average Bonchev–Trinajstić information content (AvgIpc) is 2.88. The van der Waals surface area contributed by atoms with Crippen LogP contribution < -0.4 is 4.90 Å². The van der Waals surface area contributed by atoms with Crippen molar-refractivity contribution < 1.29 is 4.39 Å². The lowest BCUT2D eigenvalue weighted by Crippen LogP contribution is -2.20. The topological polar surface area (TPSA) is 27.0 Å². The quantitative estimate of drug-likeness (QED) is 0.741. The second-order valence-electron chi connectivity index (χ2n) is 5.13. The standard InChI is InChI=1S/C14H15FN2/c15-14-6-13(5-4-10(14)7-16)17-8-11-2-1-3-12(11)9-17/h4-6,11-12H,1-3,8-9H2. The highest BCUT2D eigenvalue weighted by Crippen LogP contribution is 2.39. The van der Waals surface area contributed by atoms with Crippen LogP contribution in [0.2, 0.25) is 0 Å². The Morgan fingerprint density at radius 1 is 1.24 bits per heavy atom. The second kappa shape index (κ2) is 4.03. The van der Waals surface area contributed by atoms with Crippen molar-refractivity contribution >= 4 is 5.69 Å². The van der Waals surface area contributed by atoms with E-state index in [0.29, 0.717) is 0 Å². The van der Waals surface area contributed by atoms with E-state index >= 15 is 0 Å². The van der Waals surface area contributed by atoms with Gasteiger partial charge in [0.15, 0.2) is 0 Å². The highest BCUT2D eigenvalue weighted by Gasteiger charge is 2.36. The minimum Gasteiger partial charge on any atom is -0.371 e. The molecule has 0 N–H and O–H groups in total. The van der Waals surface area contributed by atoms with E-state index in [-0.39, 0.29) is 5.56 Å². The van der Waals surface area contributed by atoms with Gasteiger partial charge in [0.1, 0.15) is 11.9 Å². The fraction of sp³-hybridized carbons (Fsp3) is 0.500. The fourth-order valence-corrected chi connectivity index (χ4v) is 3.24. The Bertz CT molecular complexity index is 466. The Morgan fingerprint density at radius 3 is 2.53 bits per heavy atom. The zero-order valence-corrected chi connectivity index (χ0v) is 9.69. The van der Waals surface area contributed by atoms with E-state index in [2.05, 4.69) is 4.90 Å². The third-order valence-electron chi connectivity index (χ3n) is 4.16. The minimum atomic E-state index is -0.401. The number of nitriles is 1. The van der Waals surface area contributed by atoms with E-state index in [1.54, 1.807) is 6.07 Å². The number of hydrogen-bond donors (Lipinski definition) is 0. The zero-order valence-electron chi connectivity index (χ0n) is 9.69. The van der Waals surface area contributed by atoms with Crippen molar-refractivity contribution in [3.05, 3.63) is 29.6 Å². The summed E-state index contributed by atoms with van der Waals surface area (Å²) in [6.45, 7) is 2.10. The van der Waals surface area contributed by atoms with Crippen LogP contribution in [-0.4, -0.2) is 13.1 Å². The van der Waals surface area contributed by atoms with Crippen LogP contribution in [0.15, 0.2) is 18.2 Å². The van der Waals surface area contributed by atoms with Gasteiger partial charge in [0, 0.05) is 18.8 Å². The number of benzene rings is 1. The van der Waals surface area contributed by atoms with Gasteiger partial charge >= 0.3 is 0 Å². The molecule has 2 nitrogen and oxygen atoms in total. The lowest BCUT2D eigenvalue weighted by Gasteiger charge is -2.19. The van der Waals surface area contributed by atoms with E-state index in [1.807, 2.05) is 12.1 Å². The predicted molar refractivity (Wildman–Crippen MR) is 64.2 cm³/mol. The summed E-state index contributed by atoms with van der Waals surface area (Å²) in [4.78, 5) is 2.26. The summed E-state index contributed by atoms with van der Waals surface area (Å²) in [5, 5.41) is 8.70. The van der Waals surface area contributed by atoms with E-state index in [4.69, 9.17) is 5.26 Å². The molecule has 0 amide bonds. The summed E-state index contributed by atoms with van der Waals surface area (Å²) >= 11 is 0. The molecule has 2 unspecified atom stereocenters. The SMILES string of the molecule is N#Cc1ccc(N2CC3CCCC3C2)cc1F. The minimum absolute atomic E-state index is 0.133. The molecule has 1 aliphatic heterocycles. The van der Waals surface area contributed by atoms with Crippen molar-refractivity contribution in [3.8, 4) is 6.07 Å². The smallest absolute Gasteiger partial charge is 0.143 e. The molecule has 1 saturated carbocycles. The maximum absolute atomic E-state index is 13.5. The summed E-state index contributed by atoms with van der Waals surface area (Å²) in [7, 11) is 0. The summed E-state index contributed by atoms with van der Waals surface area (Å²) in [6.07, 6.45) is 3.99. The first-order valence-corrected chi connectivity index (χ1v) is 6.22. The first-order valence-electron chi connectivity index (χ1n) is 6.22. The maximum Gasteiger partial charge on any atom is 0.143 e. The zero-order chi connectivity index (χ0) is 11.8. The Morgan fingerprint density at radius 2 is 1.94 bits per heavy atom. The molecular formula is C14H15FN2. The third kappa shape index (κ3) is 1.78. The van der Waals surface area contributed by atoms with Gasteiger partial charge in [-0.1, -0.05) is 6.42 Å². The molecule has 1 aliphatic carbocycles. The van der Waals surface area contributed by atoms with E-state index < -0.39 is 5.82 Å². The maximum atomic E-state index is 13.5. The van der Waals surface area contributed by atoms with Crippen molar-refractivity contribution in [1.82, 2.24) is 0 Å². The Balaban J connectivity index is 1.82. The van der Waals surface area contributed by atoms with Gasteiger partial charge in [-0.3, -0.25) is 0 Å². The normalized spacial score (nSPS) is 26.9. The van der Waals surface area contributed by atoms with E-state index in [0.717, 1.165) is 30.6 Å². The van der Waals surface area contributed by atoms with Crippen molar-refractivity contribution in [2.75, 3.05) is 18.0 Å². The van der Waals surface area contributed by atoms with Crippen LogP contribution in [0.3, 0.4) is 0 Å². The molecule has 0 aromatic heterocycles. The van der Waals surface area contributed by atoms with Gasteiger partial charge < -0.3 is 4.90 Å². The molecule has 88 valence electrons. The lowest BCUT2D eigenvalue weighted by atomic mass is 10.0. The number of hydrogen-bond acceptors (Lipinski definition) is 2. The van der Waals surface area contributed by atoms with E-state index in [9.17, 15) is 4.39 Å². The van der Waals surface area contributed by atoms with Crippen LogP contribution in [0.5, 0.6) is 0 Å². The van der Waals surface area contributed by atoms with Crippen LogP contribution in [0.4, 0.5) is 10.1 Å². The lowest BCUT2D eigenvalue weighted by molar-refractivity contribution is 0.494. The molecule has 0 bridgehead atoms. The number of anilines is 1. The van der Waals surface area contributed by atoms with Gasteiger partial charge in [0.25, 0.3) is 0 Å². The number of nitrogens with zero attached hydrogens (tertiary/aromatic N) is 2. The Kier molecular flexibility index (Phi) is 2.51. The molecular weight excluding hydrogens is 215 g/mol. The van der Waals surface area contributed by atoms with Crippen LogP contribution >= 0.6 is 0 Å². The first-order chi connectivity index (χ1) is 8.28. The van der Waals surface area contributed by atoms with Crippen molar-refractivity contribution in [3.63, 3.8) is 0 Å². The molecule has 0 spiro atoms. The number of fused-ring (bicyclic) bond motifs is 1. The molecule has 0 radical (unpaired) electrons. The molecule has 2 fully saturated rings. The molecule has 1 heterocycles. The van der Waals surface area contributed by atoms with Gasteiger partial charge in [-0.05, 0) is 42.9 Å². The average molecular weight is 230 g/mol. The summed E-state index contributed by atoms with van der Waals surface area (Å²) in [5.74, 6) is 1.20. The predicted octanol–water partition coefficient (Wildman–Crippen LogP) is 2.93. The Labute approximate surface area is 101 Å². The summed E-state index contributed by atoms with van der Waals surface area (Å²) in [6, 6.07) is 6.80. The van der Waals surface area contributed by atoms with Gasteiger partial charge in [0.05, 0.1) is 5.56 Å². The largest absolute Gasteiger partial charge is 0.371 e. The molecule has 1 aromatic carbocycles. The monoisotopic (exact) mass is 230 g/mol. The van der Waals surface area contributed by atoms with Gasteiger partial charge in [-0.25, -0.2) is 4.39 Å². The molecule has 2 atom stereocenters. The summed E-state index contributed by atoms with van der Waals surface area (Å²) in [5.41, 5.74) is 1.06. The molecule has 2 aliphatic rings. The highest BCUT2D eigenvalue weighted by atomic mass is 19.1. The van der Waals surface area contributed by atoms with Gasteiger partial charge in [-0.2, -0.15) is 5.26 Å².